The van der Waals surface area contributed by atoms with Crippen LogP contribution in [-0.2, 0) is 4.74 Å². The number of hydrogen-bond donors (Lipinski definition) is 2. The van der Waals surface area contributed by atoms with E-state index in [0.717, 1.165) is 11.1 Å². The van der Waals surface area contributed by atoms with Gasteiger partial charge in [0.05, 0.1) is 0 Å². The van der Waals surface area contributed by atoms with Crippen LogP contribution < -0.4 is 5.32 Å². The quantitative estimate of drug-likeness (QED) is 0.883. The van der Waals surface area contributed by atoms with Crippen LogP contribution in [0.3, 0.4) is 0 Å². The van der Waals surface area contributed by atoms with Gasteiger partial charge in [-0.25, -0.2) is 9.18 Å². The van der Waals surface area contributed by atoms with Crippen molar-refractivity contribution < 1.29 is 13.9 Å². The standard InChI is InChI=1S/C17H24FN5O2/c1-9-7-8-12(18)13(10(9)2)11(3)14(15-20-22-23-21-15)19-16(24)25-17(4,5)6/h7-8,11,14H,1-6H3,(H,19,24)(H,20,21,22,23)/t11-,14+/m1/s1. The molecule has 0 aliphatic heterocycles. The molecule has 136 valence electrons. The first kappa shape index (κ1) is 18.8. The number of aromatic nitrogens is 4. The highest BCUT2D eigenvalue weighted by atomic mass is 19.1. The summed E-state index contributed by atoms with van der Waals surface area (Å²) >= 11 is 0. The molecule has 2 rings (SSSR count). The van der Waals surface area contributed by atoms with Gasteiger partial charge in [0.2, 0.25) is 0 Å². The molecule has 25 heavy (non-hydrogen) atoms. The molecule has 1 aromatic carbocycles. The zero-order valence-corrected chi connectivity index (χ0v) is 15.3. The van der Waals surface area contributed by atoms with Gasteiger partial charge in [-0.05, 0) is 57.4 Å². The number of H-pyrrole nitrogens is 1. The molecule has 0 bridgehead atoms. The van der Waals surface area contributed by atoms with Crippen molar-refractivity contribution in [1.29, 1.82) is 0 Å². The first-order valence-electron chi connectivity index (χ1n) is 8.08. The summed E-state index contributed by atoms with van der Waals surface area (Å²) in [5.41, 5.74) is 1.64. The van der Waals surface area contributed by atoms with E-state index in [1.54, 1.807) is 26.8 Å². The van der Waals surface area contributed by atoms with E-state index in [4.69, 9.17) is 4.74 Å². The van der Waals surface area contributed by atoms with Crippen LogP contribution in [0.15, 0.2) is 12.1 Å². The molecule has 7 nitrogen and oxygen atoms in total. The van der Waals surface area contributed by atoms with Gasteiger partial charge in [0.25, 0.3) is 0 Å². The van der Waals surface area contributed by atoms with Crippen LogP contribution in [-0.4, -0.2) is 32.3 Å². The zero-order valence-electron chi connectivity index (χ0n) is 15.3. The van der Waals surface area contributed by atoms with Crippen molar-refractivity contribution >= 4 is 6.09 Å². The lowest BCUT2D eigenvalue weighted by atomic mass is 9.87. The summed E-state index contributed by atoms with van der Waals surface area (Å²) < 4.78 is 19.8. The van der Waals surface area contributed by atoms with Gasteiger partial charge < -0.3 is 10.1 Å². The monoisotopic (exact) mass is 349 g/mol. The van der Waals surface area contributed by atoms with Gasteiger partial charge in [-0.2, -0.15) is 5.21 Å². The number of aryl methyl sites for hydroxylation is 1. The molecule has 0 aliphatic carbocycles. The predicted molar refractivity (Wildman–Crippen MR) is 90.6 cm³/mol. The summed E-state index contributed by atoms with van der Waals surface area (Å²) in [6.07, 6.45) is -0.625. The lowest BCUT2D eigenvalue weighted by molar-refractivity contribution is 0.0493. The summed E-state index contributed by atoms with van der Waals surface area (Å²) in [6.45, 7) is 10.9. The number of tetrazole rings is 1. The molecular formula is C17H24FN5O2. The maximum Gasteiger partial charge on any atom is 0.408 e. The second-order valence-electron chi connectivity index (χ2n) is 7.09. The van der Waals surface area contributed by atoms with Gasteiger partial charge in [-0.15, -0.1) is 10.2 Å². The fourth-order valence-corrected chi connectivity index (χ4v) is 2.68. The average molecular weight is 349 g/mol. The van der Waals surface area contributed by atoms with Gasteiger partial charge >= 0.3 is 6.09 Å². The molecule has 1 heterocycles. The van der Waals surface area contributed by atoms with Crippen LogP contribution in [0.4, 0.5) is 9.18 Å². The van der Waals surface area contributed by atoms with E-state index in [1.807, 2.05) is 20.8 Å². The highest BCUT2D eigenvalue weighted by Crippen LogP contribution is 2.33. The van der Waals surface area contributed by atoms with Crippen molar-refractivity contribution in [2.45, 2.75) is 59.1 Å². The molecule has 0 aliphatic rings. The number of amides is 1. The minimum atomic E-state index is -0.691. The number of nitrogens with zero attached hydrogens (tertiary/aromatic N) is 3. The highest BCUT2D eigenvalue weighted by molar-refractivity contribution is 5.68. The second-order valence-corrected chi connectivity index (χ2v) is 7.09. The molecule has 2 N–H and O–H groups in total. The molecule has 1 amide bonds. The Morgan fingerprint density at radius 1 is 1.32 bits per heavy atom. The SMILES string of the molecule is Cc1ccc(F)c([C@@H](C)[C@H](NC(=O)OC(C)(C)C)c2nn[nH]n2)c1C. The van der Waals surface area contributed by atoms with E-state index in [-0.39, 0.29) is 11.6 Å². The molecule has 0 saturated carbocycles. The van der Waals surface area contributed by atoms with Crippen LogP contribution in [0.1, 0.15) is 62.2 Å². The third kappa shape index (κ3) is 4.52. The number of nitrogens with one attached hydrogen (secondary N) is 2. The minimum Gasteiger partial charge on any atom is -0.444 e. The average Bonchev–Trinajstić information content (AvgIpc) is 3.01. The van der Waals surface area contributed by atoms with Crippen LogP contribution in [0, 0.1) is 19.7 Å². The first-order valence-corrected chi connectivity index (χ1v) is 8.08. The maximum absolute atomic E-state index is 14.5. The summed E-state index contributed by atoms with van der Waals surface area (Å²) in [7, 11) is 0. The summed E-state index contributed by atoms with van der Waals surface area (Å²) in [4.78, 5) is 12.2. The largest absolute Gasteiger partial charge is 0.444 e. The zero-order chi connectivity index (χ0) is 18.8. The normalized spacial score (nSPS) is 14.0. The van der Waals surface area contributed by atoms with Crippen LogP contribution in [0.5, 0.6) is 0 Å². The molecule has 1 aromatic heterocycles. The Balaban J connectivity index is 2.37. The number of hydrogen-bond acceptors (Lipinski definition) is 5. The van der Waals surface area contributed by atoms with Gasteiger partial charge in [0.1, 0.15) is 17.5 Å². The molecule has 0 unspecified atom stereocenters. The molecule has 2 aromatic rings. The van der Waals surface area contributed by atoms with E-state index >= 15 is 0 Å². The van der Waals surface area contributed by atoms with E-state index in [0.29, 0.717) is 5.56 Å². The summed E-state index contributed by atoms with van der Waals surface area (Å²) in [6, 6.07) is 2.46. The number of rotatable bonds is 4. The first-order chi connectivity index (χ1) is 11.6. The third-order valence-electron chi connectivity index (χ3n) is 4.00. The number of aromatic amines is 1. The van der Waals surface area contributed by atoms with Crippen LogP contribution >= 0.6 is 0 Å². The second kappa shape index (κ2) is 7.16. The van der Waals surface area contributed by atoms with Crippen molar-refractivity contribution in [2.24, 2.45) is 0 Å². The van der Waals surface area contributed by atoms with Crippen molar-refractivity contribution in [3.05, 3.63) is 40.5 Å². The van der Waals surface area contributed by atoms with E-state index in [9.17, 15) is 9.18 Å². The predicted octanol–water partition coefficient (Wildman–Crippen LogP) is 3.33. The number of benzene rings is 1. The van der Waals surface area contributed by atoms with E-state index in [1.165, 1.54) is 6.07 Å². The van der Waals surface area contributed by atoms with Crippen molar-refractivity contribution in [3.8, 4) is 0 Å². The van der Waals surface area contributed by atoms with Crippen LogP contribution in [0.25, 0.3) is 0 Å². The number of halogens is 1. The third-order valence-corrected chi connectivity index (χ3v) is 4.00. The van der Waals surface area contributed by atoms with E-state index < -0.39 is 23.7 Å². The Morgan fingerprint density at radius 2 is 2.00 bits per heavy atom. The number of alkyl carbamates (subject to hydrolysis) is 1. The molecule has 0 fully saturated rings. The van der Waals surface area contributed by atoms with E-state index in [2.05, 4.69) is 25.9 Å². The number of carbonyl (C=O) groups is 1. The topological polar surface area (TPSA) is 92.8 Å². The van der Waals surface area contributed by atoms with Crippen LogP contribution in [0.2, 0.25) is 0 Å². The highest BCUT2D eigenvalue weighted by Gasteiger charge is 2.31. The molecule has 2 atom stereocenters. The summed E-state index contributed by atoms with van der Waals surface area (Å²) in [5, 5.41) is 16.5. The Labute approximate surface area is 146 Å². The van der Waals surface area contributed by atoms with Gasteiger partial charge in [-0.3, -0.25) is 0 Å². The molecule has 0 radical (unpaired) electrons. The lowest BCUT2D eigenvalue weighted by Crippen LogP contribution is -2.37. The Morgan fingerprint density at radius 3 is 2.56 bits per heavy atom. The van der Waals surface area contributed by atoms with Gasteiger partial charge in [-0.1, -0.05) is 18.2 Å². The Bertz CT molecular complexity index is 740. The van der Waals surface area contributed by atoms with Crippen molar-refractivity contribution in [2.75, 3.05) is 0 Å². The minimum absolute atomic E-state index is 0.263. The number of ether oxygens (including phenoxy) is 1. The molecular weight excluding hydrogens is 325 g/mol. The fraction of sp³-hybridized carbons (Fsp3) is 0.529. The molecule has 8 heteroatoms. The number of carbonyl (C=O) groups excluding carboxylic acids is 1. The van der Waals surface area contributed by atoms with Crippen molar-refractivity contribution in [1.82, 2.24) is 25.9 Å². The Hall–Kier alpha value is -2.51. The molecule has 0 spiro atoms. The smallest absolute Gasteiger partial charge is 0.408 e. The summed E-state index contributed by atoms with van der Waals surface area (Å²) in [5.74, 6) is -0.501. The fourth-order valence-electron chi connectivity index (χ4n) is 2.68. The van der Waals surface area contributed by atoms with Gasteiger partial charge in [0, 0.05) is 5.92 Å². The van der Waals surface area contributed by atoms with Crippen molar-refractivity contribution in [3.63, 3.8) is 0 Å². The Kier molecular flexibility index (Phi) is 5.39. The van der Waals surface area contributed by atoms with Gasteiger partial charge in [0.15, 0.2) is 5.82 Å². The maximum atomic E-state index is 14.5. The lowest BCUT2D eigenvalue weighted by Gasteiger charge is -2.27. The molecule has 0 saturated heterocycles.